The Balaban J connectivity index is 0.00000225. The van der Waals surface area contributed by atoms with Crippen molar-refractivity contribution in [2.45, 2.75) is 37.3 Å². The molecule has 156 valence electrons. The van der Waals surface area contributed by atoms with Gasteiger partial charge in [0.1, 0.15) is 0 Å². The number of fused-ring (bicyclic) bond motifs is 1. The smallest absolute Gasteiger partial charge is 0.191 e. The third-order valence-electron chi connectivity index (χ3n) is 6.26. The average molecular weight is 516 g/mol. The number of nitrogens with zero attached hydrogens (tertiary/aromatic N) is 2. The maximum atomic E-state index is 5.58. The van der Waals surface area contributed by atoms with Crippen molar-refractivity contribution in [1.82, 2.24) is 15.5 Å². The Morgan fingerprint density at radius 1 is 1.29 bits per heavy atom. The molecule has 0 saturated carbocycles. The molecule has 2 saturated heterocycles. The molecule has 1 aromatic carbocycles. The molecule has 1 aliphatic carbocycles. The summed E-state index contributed by atoms with van der Waals surface area (Å²) in [6.07, 6.45) is 4.65. The van der Waals surface area contributed by atoms with Gasteiger partial charge in [-0.15, -0.1) is 24.0 Å². The van der Waals surface area contributed by atoms with Crippen molar-refractivity contribution >= 4 is 41.7 Å². The number of rotatable bonds is 4. The molecule has 2 atom stereocenters. The van der Waals surface area contributed by atoms with Crippen LogP contribution in [0.15, 0.2) is 29.3 Å². The van der Waals surface area contributed by atoms with Crippen LogP contribution in [0.3, 0.4) is 0 Å². The molecule has 0 amide bonds. The molecule has 0 aromatic heterocycles. The number of guanidine groups is 1. The third kappa shape index (κ3) is 5.15. The summed E-state index contributed by atoms with van der Waals surface area (Å²) in [7, 11) is 1.89. The van der Waals surface area contributed by atoms with Gasteiger partial charge in [0.2, 0.25) is 0 Å². The molecule has 1 aromatic rings. The van der Waals surface area contributed by atoms with Gasteiger partial charge in [-0.1, -0.05) is 24.3 Å². The minimum absolute atomic E-state index is 0. The highest BCUT2D eigenvalue weighted by Gasteiger charge is 2.40. The van der Waals surface area contributed by atoms with Gasteiger partial charge < -0.3 is 15.4 Å². The summed E-state index contributed by atoms with van der Waals surface area (Å²) in [4.78, 5) is 7.17. The molecule has 0 radical (unpaired) electrons. The number of benzene rings is 1. The lowest BCUT2D eigenvalue weighted by Crippen LogP contribution is -2.60. The van der Waals surface area contributed by atoms with E-state index in [0.717, 1.165) is 51.6 Å². The Hall–Kier alpha value is -0.510. The van der Waals surface area contributed by atoms with E-state index >= 15 is 0 Å². The normalized spacial score (nSPS) is 28.3. The first-order chi connectivity index (χ1) is 13.3. The van der Waals surface area contributed by atoms with Crippen molar-refractivity contribution in [3.63, 3.8) is 0 Å². The summed E-state index contributed by atoms with van der Waals surface area (Å²) in [5.41, 5.74) is 3.23. The number of aryl methyl sites for hydroxylation is 1. The molecule has 0 bridgehead atoms. The number of thioether (sulfide) groups is 1. The average Bonchev–Trinajstić information content (AvgIpc) is 3.22. The largest absolute Gasteiger partial charge is 0.379 e. The topological polar surface area (TPSA) is 48.9 Å². The summed E-state index contributed by atoms with van der Waals surface area (Å²) in [6, 6.07) is 9.30. The van der Waals surface area contributed by atoms with Crippen molar-refractivity contribution in [2.75, 3.05) is 51.4 Å². The first kappa shape index (κ1) is 22.2. The molecule has 4 rings (SSSR count). The van der Waals surface area contributed by atoms with E-state index in [0.29, 0.717) is 6.04 Å². The SMILES string of the molecule is CN=C(NCC1(N2CCOCC2)CCSC1)NC1CCc2ccccc2C1.I. The van der Waals surface area contributed by atoms with E-state index in [2.05, 4.69) is 56.6 Å². The number of nitrogens with one attached hydrogen (secondary N) is 2. The monoisotopic (exact) mass is 516 g/mol. The van der Waals surface area contributed by atoms with Gasteiger partial charge in [0, 0.05) is 44.0 Å². The molecule has 2 fully saturated rings. The van der Waals surface area contributed by atoms with Gasteiger partial charge in [-0.05, 0) is 42.6 Å². The van der Waals surface area contributed by atoms with Gasteiger partial charge >= 0.3 is 0 Å². The second-order valence-electron chi connectivity index (χ2n) is 7.90. The van der Waals surface area contributed by atoms with Crippen molar-refractivity contribution < 1.29 is 4.74 Å². The number of hydrogen-bond acceptors (Lipinski definition) is 4. The molecule has 2 unspecified atom stereocenters. The molecule has 7 heteroatoms. The quantitative estimate of drug-likeness (QED) is 0.366. The zero-order valence-electron chi connectivity index (χ0n) is 16.8. The molecule has 2 aliphatic heterocycles. The Bertz CT molecular complexity index is 660. The van der Waals surface area contributed by atoms with Gasteiger partial charge in [-0.25, -0.2) is 0 Å². The van der Waals surface area contributed by atoms with E-state index in [1.54, 1.807) is 0 Å². The van der Waals surface area contributed by atoms with Gasteiger partial charge in [0.05, 0.1) is 13.2 Å². The highest BCUT2D eigenvalue weighted by molar-refractivity contribution is 14.0. The van der Waals surface area contributed by atoms with E-state index in [1.165, 1.54) is 35.5 Å². The van der Waals surface area contributed by atoms with Gasteiger partial charge in [0.25, 0.3) is 0 Å². The molecular weight excluding hydrogens is 483 g/mol. The van der Waals surface area contributed by atoms with E-state index in [9.17, 15) is 0 Å². The molecule has 2 heterocycles. The minimum atomic E-state index is 0. The van der Waals surface area contributed by atoms with E-state index in [4.69, 9.17) is 4.74 Å². The van der Waals surface area contributed by atoms with Crippen LogP contribution in [-0.4, -0.2) is 73.8 Å². The van der Waals surface area contributed by atoms with Crippen molar-refractivity contribution in [1.29, 1.82) is 0 Å². The molecule has 0 spiro atoms. The molecule has 28 heavy (non-hydrogen) atoms. The lowest BCUT2D eigenvalue weighted by Gasteiger charge is -2.43. The van der Waals surface area contributed by atoms with Gasteiger partial charge in [-0.2, -0.15) is 11.8 Å². The highest BCUT2D eigenvalue weighted by Crippen LogP contribution is 2.33. The van der Waals surface area contributed by atoms with E-state index in [-0.39, 0.29) is 29.5 Å². The zero-order chi connectivity index (χ0) is 18.5. The Morgan fingerprint density at radius 3 is 2.79 bits per heavy atom. The van der Waals surface area contributed by atoms with Crippen LogP contribution in [0.25, 0.3) is 0 Å². The number of ether oxygens (including phenoxy) is 1. The molecule has 3 aliphatic rings. The summed E-state index contributed by atoms with van der Waals surface area (Å²) < 4.78 is 5.58. The van der Waals surface area contributed by atoms with Gasteiger partial charge in [0.15, 0.2) is 5.96 Å². The van der Waals surface area contributed by atoms with Crippen LogP contribution in [0.2, 0.25) is 0 Å². The number of halogens is 1. The third-order valence-corrected chi connectivity index (χ3v) is 7.49. The van der Waals surface area contributed by atoms with Crippen molar-refractivity contribution in [3.8, 4) is 0 Å². The number of morpholine rings is 1. The van der Waals surface area contributed by atoms with Crippen LogP contribution in [0, 0.1) is 0 Å². The van der Waals surface area contributed by atoms with Crippen LogP contribution >= 0.6 is 35.7 Å². The van der Waals surface area contributed by atoms with Crippen LogP contribution < -0.4 is 10.6 Å². The zero-order valence-corrected chi connectivity index (χ0v) is 19.9. The van der Waals surface area contributed by atoms with Gasteiger partial charge in [-0.3, -0.25) is 9.89 Å². The summed E-state index contributed by atoms with van der Waals surface area (Å²) in [6.45, 7) is 4.78. The molecular formula is C21H33IN4OS. The van der Waals surface area contributed by atoms with Crippen LogP contribution in [0.1, 0.15) is 24.0 Å². The maximum Gasteiger partial charge on any atom is 0.191 e. The van der Waals surface area contributed by atoms with Crippen molar-refractivity contribution in [3.05, 3.63) is 35.4 Å². The fourth-order valence-electron chi connectivity index (χ4n) is 4.59. The Kier molecular flexibility index (Phi) is 8.32. The standard InChI is InChI=1S/C21H32N4OS.HI/c1-22-20(24-19-7-6-17-4-2-3-5-18(17)14-19)23-15-21(8-13-27-16-21)25-9-11-26-12-10-25;/h2-5,19H,6-16H2,1H3,(H2,22,23,24);1H. The van der Waals surface area contributed by atoms with Crippen molar-refractivity contribution in [2.24, 2.45) is 4.99 Å². The summed E-state index contributed by atoms with van der Waals surface area (Å²) in [5, 5.41) is 7.34. The van der Waals surface area contributed by atoms with E-state index in [1.807, 2.05) is 7.05 Å². The molecule has 2 N–H and O–H groups in total. The van der Waals surface area contributed by atoms with Crippen LogP contribution in [-0.2, 0) is 17.6 Å². The fraction of sp³-hybridized carbons (Fsp3) is 0.667. The minimum Gasteiger partial charge on any atom is -0.379 e. The summed E-state index contributed by atoms with van der Waals surface area (Å²) >= 11 is 2.08. The number of aliphatic imine (C=N–C) groups is 1. The highest BCUT2D eigenvalue weighted by atomic mass is 127. The Labute approximate surface area is 190 Å². The lowest BCUT2D eigenvalue weighted by atomic mass is 9.88. The first-order valence-corrected chi connectivity index (χ1v) is 11.4. The van der Waals surface area contributed by atoms with E-state index < -0.39 is 0 Å². The molecule has 5 nitrogen and oxygen atoms in total. The lowest BCUT2D eigenvalue weighted by molar-refractivity contribution is -0.0120. The maximum absolute atomic E-state index is 5.58. The summed E-state index contributed by atoms with van der Waals surface area (Å²) in [5.74, 6) is 3.40. The predicted octanol–water partition coefficient (Wildman–Crippen LogP) is 2.53. The fourth-order valence-corrected chi connectivity index (χ4v) is 6.07. The predicted molar refractivity (Wildman–Crippen MR) is 129 cm³/mol. The second-order valence-corrected chi connectivity index (χ2v) is 9.01. The Morgan fingerprint density at radius 2 is 2.07 bits per heavy atom. The van der Waals surface area contributed by atoms with Crippen LogP contribution in [0.4, 0.5) is 0 Å². The van der Waals surface area contributed by atoms with Crippen LogP contribution in [0.5, 0.6) is 0 Å². The number of hydrogen-bond donors (Lipinski definition) is 2. The first-order valence-electron chi connectivity index (χ1n) is 10.2. The second kappa shape index (κ2) is 10.5.